The van der Waals surface area contributed by atoms with Crippen molar-refractivity contribution in [3.8, 4) is 0 Å². The van der Waals surface area contributed by atoms with Gasteiger partial charge in [0.05, 0.1) is 17.1 Å². The lowest BCUT2D eigenvalue weighted by Gasteiger charge is -2.29. The van der Waals surface area contributed by atoms with Crippen LogP contribution in [0.5, 0.6) is 0 Å². The summed E-state index contributed by atoms with van der Waals surface area (Å²) in [5, 5.41) is 3.12. The standard InChI is InChI=1S/C25H31N5O/c1-2-29-22-10-5-4-9-21(22)27-24(29)23-11-8-18-30(23)25(31)26-19-12-14-20(15-13-19)28-16-6-3-7-17-28/h4-5,9-10,12-15,23H,2-3,6-8,11,16-18H2,1H3,(H,26,31). The molecule has 2 fully saturated rings. The van der Waals surface area contributed by atoms with Crippen LogP contribution < -0.4 is 10.2 Å². The Kier molecular flexibility index (Phi) is 5.53. The van der Waals surface area contributed by atoms with Crippen LogP contribution in [0.1, 0.15) is 50.9 Å². The smallest absolute Gasteiger partial charge is 0.322 e. The van der Waals surface area contributed by atoms with Crippen LogP contribution in [0, 0.1) is 0 Å². The highest BCUT2D eigenvalue weighted by atomic mass is 16.2. The SMILES string of the molecule is CCn1c(C2CCCN2C(=O)Nc2ccc(N3CCCCC3)cc2)nc2ccccc21. The zero-order valence-corrected chi connectivity index (χ0v) is 18.3. The van der Waals surface area contributed by atoms with Crippen LogP contribution in [0.2, 0.25) is 0 Å². The summed E-state index contributed by atoms with van der Waals surface area (Å²) in [6.07, 6.45) is 5.80. The van der Waals surface area contributed by atoms with Gasteiger partial charge in [-0.3, -0.25) is 0 Å². The molecule has 3 heterocycles. The first kappa shape index (κ1) is 19.9. The Morgan fingerprint density at radius 1 is 1.00 bits per heavy atom. The van der Waals surface area contributed by atoms with Crippen molar-refractivity contribution in [2.75, 3.05) is 29.9 Å². The molecule has 31 heavy (non-hydrogen) atoms. The van der Waals surface area contributed by atoms with Crippen LogP contribution in [0.4, 0.5) is 16.2 Å². The predicted octanol–water partition coefficient (Wildman–Crippen LogP) is 5.42. The van der Waals surface area contributed by atoms with E-state index >= 15 is 0 Å². The molecule has 6 nitrogen and oxygen atoms in total. The maximum Gasteiger partial charge on any atom is 0.322 e. The number of carbonyl (C=O) groups is 1. The van der Waals surface area contributed by atoms with Crippen LogP contribution >= 0.6 is 0 Å². The molecule has 2 amide bonds. The molecule has 2 saturated heterocycles. The summed E-state index contributed by atoms with van der Waals surface area (Å²) in [7, 11) is 0. The van der Waals surface area contributed by atoms with Crippen LogP contribution in [0.15, 0.2) is 48.5 Å². The molecule has 0 radical (unpaired) electrons. The summed E-state index contributed by atoms with van der Waals surface area (Å²) < 4.78 is 2.25. The van der Waals surface area contributed by atoms with Gasteiger partial charge in [0.2, 0.25) is 0 Å². The first-order valence-electron chi connectivity index (χ1n) is 11.6. The molecule has 0 aliphatic carbocycles. The van der Waals surface area contributed by atoms with Gasteiger partial charge in [-0.05, 0) is 75.4 Å². The van der Waals surface area contributed by atoms with Gasteiger partial charge in [-0.15, -0.1) is 0 Å². The number of hydrogen-bond donors (Lipinski definition) is 1. The molecule has 1 aromatic heterocycles. The van der Waals surface area contributed by atoms with Crippen molar-refractivity contribution in [3.63, 3.8) is 0 Å². The molecule has 3 aromatic rings. The van der Waals surface area contributed by atoms with Crippen LogP contribution in [0.25, 0.3) is 11.0 Å². The Labute approximate surface area is 183 Å². The lowest BCUT2D eigenvalue weighted by molar-refractivity contribution is 0.204. The van der Waals surface area contributed by atoms with Crippen molar-refractivity contribution in [1.82, 2.24) is 14.5 Å². The number of para-hydroxylation sites is 2. The van der Waals surface area contributed by atoms with E-state index in [0.717, 1.165) is 61.6 Å². The Hall–Kier alpha value is -3.02. The Morgan fingerprint density at radius 2 is 1.77 bits per heavy atom. The highest BCUT2D eigenvalue weighted by Gasteiger charge is 2.33. The van der Waals surface area contributed by atoms with Crippen LogP contribution in [-0.4, -0.2) is 40.1 Å². The molecular formula is C25H31N5O. The number of hydrogen-bond acceptors (Lipinski definition) is 3. The van der Waals surface area contributed by atoms with E-state index < -0.39 is 0 Å². The molecule has 0 spiro atoms. The number of nitrogens with zero attached hydrogens (tertiary/aromatic N) is 4. The topological polar surface area (TPSA) is 53.4 Å². The molecular weight excluding hydrogens is 386 g/mol. The number of benzene rings is 2. The molecule has 2 aliphatic heterocycles. The fourth-order valence-corrected chi connectivity index (χ4v) is 5.06. The van der Waals surface area contributed by atoms with Crippen molar-refractivity contribution in [2.24, 2.45) is 0 Å². The Balaban J connectivity index is 1.32. The number of likely N-dealkylation sites (tertiary alicyclic amines) is 1. The second kappa shape index (κ2) is 8.61. The highest BCUT2D eigenvalue weighted by molar-refractivity contribution is 5.90. The fraction of sp³-hybridized carbons (Fsp3) is 0.440. The van der Waals surface area contributed by atoms with E-state index in [2.05, 4.69) is 39.9 Å². The molecule has 0 bridgehead atoms. The summed E-state index contributed by atoms with van der Waals surface area (Å²) >= 11 is 0. The molecule has 5 rings (SSSR count). The average Bonchev–Trinajstić information content (AvgIpc) is 3.44. The summed E-state index contributed by atoms with van der Waals surface area (Å²) in [4.78, 5) is 22.5. The van der Waals surface area contributed by atoms with Crippen molar-refractivity contribution < 1.29 is 4.79 Å². The van der Waals surface area contributed by atoms with Crippen molar-refractivity contribution in [2.45, 2.75) is 51.6 Å². The number of carbonyl (C=O) groups excluding carboxylic acids is 1. The molecule has 2 aliphatic rings. The average molecular weight is 418 g/mol. The molecule has 1 unspecified atom stereocenters. The van der Waals surface area contributed by atoms with E-state index in [-0.39, 0.29) is 12.1 Å². The summed E-state index contributed by atoms with van der Waals surface area (Å²) in [6.45, 7) is 6.00. The minimum Gasteiger partial charge on any atom is -0.372 e. The number of piperidine rings is 1. The summed E-state index contributed by atoms with van der Waals surface area (Å²) in [5.74, 6) is 0.997. The van der Waals surface area contributed by atoms with Gasteiger partial charge in [0, 0.05) is 37.6 Å². The van der Waals surface area contributed by atoms with Crippen LogP contribution in [-0.2, 0) is 6.54 Å². The molecule has 1 atom stereocenters. The quantitative estimate of drug-likeness (QED) is 0.617. The van der Waals surface area contributed by atoms with Gasteiger partial charge in [-0.2, -0.15) is 0 Å². The van der Waals surface area contributed by atoms with E-state index in [1.165, 1.54) is 24.9 Å². The summed E-state index contributed by atoms with van der Waals surface area (Å²) in [5.41, 5.74) is 4.23. The number of rotatable bonds is 4. The Bertz CT molecular complexity index is 1050. The van der Waals surface area contributed by atoms with Gasteiger partial charge in [0.15, 0.2) is 0 Å². The van der Waals surface area contributed by atoms with E-state index in [0.29, 0.717) is 0 Å². The number of fused-ring (bicyclic) bond motifs is 1. The first-order valence-corrected chi connectivity index (χ1v) is 11.6. The number of imidazole rings is 1. The normalized spacial score (nSPS) is 19.2. The minimum atomic E-state index is -0.0390. The van der Waals surface area contributed by atoms with Gasteiger partial charge in [-0.25, -0.2) is 9.78 Å². The monoisotopic (exact) mass is 417 g/mol. The molecule has 2 aromatic carbocycles. The fourth-order valence-electron chi connectivity index (χ4n) is 5.06. The second-order valence-electron chi connectivity index (χ2n) is 8.58. The third kappa shape index (κ3) is 3.87. The third-order valence-corrected chi connectivity index (χ3v) is 6.65. The largest absolute Gasteiger partial charge is 0.372 e. The number of urea groups is 1. The Morgan fingerprint density at radius 3 is 2.55 bits per heavy atom. The van der Waals surface area contributed by atoms with Crippen molar-refractivity contribution >= 4 is 28.4 Å². The number of nitrogens with one attached hydrogen (secondary N) is 1. The van der Waals surface area contributed by atoms with Gasteiger partial charge < -0.3 is 19.7 Å². The van der Waals surface area contributed by atoms with Crippen LogP contribution in [0.3, 0.4) is 0 Å². The zero-order valence-electron chi connectivity index (χ0n) is 18.3. The number of amides is 2. The molecule has 6 heteroatoms. The lowest BCUT2D eigenvalue weighted by atomic mass is 10.1. The molecule has 0 saturated carbocycles. The van der Waals surface area contributed by atoms with E-state index in [4.69, 9.17) is 4.98 Å². The van der Waals surface area contributed by atoms with Gasteiger partial charge in [0.1, 0.15) is 5.82 Å². The first-order chi connectivity index (χ1) is 15.2. The lowest BCUT2D eigenvalue weighted by Crippen LogP contribution is -2.35. The van der Waals surface area contributed by atoms with Crippen molar-refractivity contribution in [3.05, 3.63) is 54.4 Å². The van der Waals surface area contributed by atoms with Gasteiger partial charge in [-0.1, -0.05) is 12.1 Å². The van der Waals surface area contributed by atoms with E-state index in [9.17, 15) is 4.79 Å². The maximum atomic E-state index is 13.2. The van der Waals surface area contributed by atoms with E-state index in [1.807, 2.05) is 35.2 Å². The minimum absolute atomic E-state index is 0.0139. The highest BCUT2D eigenvalue weighted by Crippen LogP contribution is 2.34. The summed E-state index contributed by atoms with van der Waals surface area (Å²) in [6, 6.07) is 16.5. The predicted molar refractivity (Wildman–Crippen MR) is 126 cm³/mol. The number of aromatic nitrogens is 2. The van der Waals surface area contributed by atoms with Crippen molar-refractivity contribution in [1.29, 1.82) is 0 Å². The number of aryl methyl sites for hydroxylation is 1. The molecule has 1 N–H and O–H groups in total. The van der Waals surface area contributed by atoms with Gasteiger partial charge >= 0.3 is 6.03 Å². The maximum absolute atomic E-state index is 13.2. The third-order valence-electron chi connectivity index (χ3n) is 6.65. The molecule has 162 valence electrons. The van der Waals surface area contributed by atoms with E-state index in [1.54, 1.807) is 0 Å². The number of anilines is 2. The zero-order chi connectivity index (χ0) is 21.2. The van der Waals surface area contributed by atoms with Gasteiger partial charge in [0.25, 0.3) is 0 Å². The second-order valence-corrected chi connectivity index (χ2v) is 8.58.